The number of likely N-dealkylation sites (tertiary alicyclic amines) is 1. The Hall–Kier alpha value is -3.35. The molecule has 1 fully saturated rings. The SMILES string of the molecule is COc1cc(C)c(/C(O)=C2\C(=O)C(=O)N(Cc3cccnc3)C2c2ccc(Cl)c(Cl)c2)cc1C(C)C. The van der Waals surface area contributed by atoms with Gasteiger partial charge in [0.25, 0.3) is 11.7 Å². The van der Waals surface area contributed by atoms with Crippen molar-refractivity contribution >= 4 is 40.7 Å². The van der Waals surface area contributed by atoms with E-state index in [0.29, 0.717) is 27.5 Å². The fourth-order valence-corrected chi connectivity index (χ4v) is 4.79. The molecule has 1 aliphatic rings. The molecule has 2 heterocycles. The second kappa shape index (κ2) is 10.3. The molecule has 0 aliphatic carbocycles. The first-order valence-electron chi connectivity index (χ1n) is 11.4. The van der Waals surface area contributed by atoms with Gasteiger partial charge in [0.05, 0.1) is 28.8 Å². The highest BCUT2D eigenvalue weighted by molar-refractivity contribution is 6.46. The third-order valence-electron chi connectivity index (χ3n) is 6.33. The molecular formula is C28H26Cl2N2O4. The van der Waals surface area contributed by atoms with Gasteiger partial charge >= 0.3 is 0 Å². The molecule has 0 spiro atoms. The van der Waals surface area contributed by atoms with Crippen molar-refractivity contribution in [1.82, 2.24) is 9.88 Å². The minimum atomic E-state index is -0.871. The van der Waals surface area contributed by atoms with Crippen molar-refractivity contribution in [2.75, 3.05) is 7.11 Å². The van der Waals surface area contributed by atoms with Crippen molar-refractivity contribution in [2.24, 2.45) is 0 Å². The van der Waals surface area contributed by atoms with E-state index >= 15 is 0 Å². The fourth-order valence-electron chi connectivity index (χ4n) is 4.49. The molecule has 1 aliphatic heterocycles. The topological polar surface area (TPSA) is 79.7 Å². The molecule has 1 aromatic heterocycles. The minimum Gasteiger partial charge on any atom is -0.507 e. The molecule has 4 rings (SSSR count). The quantitative estimate of drug-likeness (QED) is 0.227. The molecule has 1 amide bonds. The van der Waals surface area contributed by atoms with E-state index in [0.717, 1.165) is 11.1 Å². The van der Waals surface area contributed by atoms with Crippen LogP contribution in [0.15, 0.2) is 60.4 Å². The van der Waals surface area contributed by atoms with Gasteiger partial charge in [-0.3, -0.25) is 14.6 Å². The van der Waals surface area contributed by atoms with E-state index < -0.39 is 17.7 Å². The number of aromatic nitrogens is 1. The Labute approximate surface area is 220 Å². The number of methoxy groups -OCH3 is 1. The molecular weight excluding hydrogens is 499 g/mol. The first-order chi connectivity index (χ1) is 17.1. The maximum absolute atomic E-state index is 13.4. The van der Waals surface area contributed by atoms with Crippen LogP contribution in [0.3, 0.4) is 0 Å². The lowest BCUT2D eigenvalue weighted by atomic mass is 9.91. The monoisotopic (exact) mass is 524 g/mol. The summed E-state index contributed by atoms with van der Waals surface area (Å²) in [5, 5.41) is 12.2. The van der Waals surface area contributed by atoms with Crippen LogP contribution in [-0.4, -0.2) is 33.8 Å². The predicted molar refractivity (Wildman–Crippen MR) is 140 cm³/mol. The zero-order valence-corrected chi connectivity index (χ0v) is 21.9. The number of carbonyl (C=O) groups is 2. The summed E-state index contributed by atoms with van der Waals surface area (Å²) >= 11 is 12.4. The molecule has 0 saturated carbocycles. The van der Waals surface area contributed by atoms with E-state index in [1.165, 1.54) is 4.90 Å². The predicted octanol–water partition coefficient (Wildman–Crippen LogP) is 6.45. The summed E-state index contributed by atoms with van der Waals surface area (Å²) in [6.07, 6.45) is 3.26. The number of hydrogen-bond donors (Lipinski definition) is 1. The van der Waals surface area contributed by atoms with Crippen LogP contribution in [0.5, 0.6) is 5.75 Å². The van der Waals surface area contributed by atoms with Crippen LogP contribution in [0.2, 0.25) is 10.0 Å². The summed E-state index contributed by atoms with van der Waals surface area (Å²) in [5.74, 6) is -0.941. The van der Waals surface area contributed by atoms with E-state index in [2.05, 4.69) is 4.98 Å². The Morgan fingerprint density at radius 3 is 2.50 bits per heavy atom. The van der Waals surface area contributed by atoms with Crippen molar-refractivity contribution in [1.29, 1.82) is 0 Å². The largest absolute Gasteiger partial charge is 0.507 e. The zero-order valence-electron chi connectivity index (χ0n) is 20.4. The molecule has 6 nitrogen and oxygen atoms in total. The average molecular weight is 525 g/mol. The number of aliphatic hydroxyl groups excluding tert-OH is 1. The molecule has 36 heavy (non-hydrogen) atoms. The number of nitrogens with zero attached hydrogens (tertiary/aromatic N) is 2. The number of pyridine rings is 1. The first kappa shape index (κ1) is 25.7. The summed E-state index contributed by atoms with van der Waals surface area (Å²) in [5.41, 5.74) is 3.34. The van der Waals surface area contributed by atoms with Crippen molar-refractivity contribution in [3.63, 3.8) is 0 Å². The number of Topliss-reactive ketones (excluding diaryl/α,β-unsaturated/α-hetero) is 1. The Balaban J connectivity index is 1.94. The van der Waals surface area contributed by atoms with Crippen LogP contribution in [0, 0.1) is 6.92 Å². The van der Waals surface area contributed by atoms with Crippen LogP contribution in [0.4, 0.5) is 0 Å². The number of hydrogen-bond acceptors (Lipinski definition) is 5. The van der Waals surface area contributed by atoms with Crippen LogP contribution >= 0.6 is 23.2 Å². The molecule has 0 radical (unpaired) electrons. The van der Waals surface area contributed by atoms with E-state index in [1.807, 2.05) is 39.0 Å². The number of aliphatic hydroxyl groups is 1. The number of aryl methyl sites for hydroxylation is 1. The molecule has 1 atom stereocenters. The van der Waals surface area contributed by atoms with E-state index in [9.17, 15) is 14.7 Å². The van der Waals surface area contributed by atoms with Crippen LogP contribution < -0.4 is 4.74 Å². The van der Waals surface area contributed by atoms with E-state index in [-0.39, 0.29) is 28.8 Å². The Kier molecular flexibility index (Phi) is 7.38. The maximum atomic E-state index is 13.4. The van der Waals surface area contributed by atoms with E-state index in [4.69, 9.17) is 27.9 Å². The first-order valence-corrected chi connectivity index (χ1v) is 12.2. The zero-order chi connectivity index (χ0) is 26.1. The highest BCUT2D eigenvalue weighted by Gasteiger charge is 2.46. The number of ketones is 1. The van der Waals surface area contributed by atoms with Gasteiger partial charge in [0.2, 0.25) is 0 Å². The smallest absolute Gasteiger partial charge is 0.295 e. The van der Waals surface area contributed by atoms with Crippen molar-refractivity contribution in [2.45, 2.75) is 39.3 Å². The van der Waals surface area contributed by atoms with Gasteiger partial charge < -0.3 is 14.7 Å². The lowest BCUT2D eigenvalue weighted by Gasteiger charge is -2.26. The maximum Gasteiger partial charge on any atom is 0.295 e. The third kappa shape index (κ3) is 4.71. The van der Waals surface area contributed by atoms with Crippen LogP contribution in [0.25, 0.3) is 5.76 Å². The van der Waals surface area contributed by atoms with Gasteiger partial charge in [-0.05, 0) is 65.4 Å². The molecule has 186 valence electrons. The molecule has 1 N–H and O–H groups in total. The average Bonchev–Trinajstić information content (AvgIpc) is 3.10. The van der Waals surface area contributed by atoms with Crippen molar-refractivity contribution in [3.05, 3.63) is 98.3 Å². The van der Waals surface area contributed by atoms with Gasteiger partial charge in [-0.15, -0.1) is 0 Å². The van der Waals surface area contributed by atoms with Gasteiger partial charge in [0, 0.05) is 24.5 Å². The number of carbonyl (C=O) groups excluding carboxylic acids is 2. The number of rotatable bonds is 6. The lowest BCUT2D eigenvalue weighted by Crippen LogP contribution is -2.29. The minimum absolute atomic E-state index is 0.00903. The highest BCUT2D eigenvalue weighted by Crippen LogP contribution is 2.43. The number of benzene rings is 2. The van der Waals surface area contributed by atoms with Crippen LogP contribution in [0.1, 0.15) is 53.6 Å². The Bertz CT molecular complexity index is 1370. The fraction of sp³-hybridized carbons (Fsp3) is 0.250. The molecule has 1 saturated heterocycles. The van der Waals surface area contributed by atoms with Gasteiger partial charge in [-0.1, -0.05) is 49.2 Å². The number of amides is 1. The summed E-state index contributed by atoms with van der Waals surface area (Å²) in [4.78, 5) is 32.2. The number of halogens is 2. The number of ether oxygens (including phenoxy) is 1. The standard InChI is InChI=1S/C28H26Cl2N2O4/c1-15(2)19-12-20(16(3)10-23(19)36-4)26(33)24-25(18-7-8-21(29)22(30)11-18)32(28(35)27(24)34)14-17-6-5-9-31-13-17/h5-13,15,25,33H,14H2,1-4H3/b26-24+. The van der Waals surface area contributed by atoms with Gasteiger partial charge in [-0.2, -0.15) is 0 Å². The summed E-state index contributed by atoms with van der Waals surface area (Å²) in [6, 6.07) is 11.3. The molecule has 2 aromatic carbocycles. The second-order valence-electron chi connectivity index (χ2n) is 9.03. The van der Waals surface area contributed by atoms with Crippen molar-refractivity contribution < 1.29 is 19.4 Å². The highest BCUT2D eigenvalue weighted by atomic mass is 35.5. The normalized spacial score (nSPS) is 17.2. The molecule has 3 aromatic rings. The lowest BCUT2D eigenvalue weighted by molar-refractivity contribution is -0.140. The summed E-state index contributed by atoms with van der Waals surface area (Å²) in [7, 11) is 1.59. The summed E-state index contributed by atoms with van der Waals surface area (Å²) in [6.45, 7) is 5.97. The third-order valence-corrected chi connectivity index (χ3v) is 7.07. The molecule has 8 heteroatoms. The van der Waals surface area contributed by atoms with Crippen LogP contribution in [-0.2, 0) is 16.1 Å². The van der Waals surface area contributed by atoms with Gasteiger partial charge in [0.15, 0.2) is 0 Å². The van der Waals surface area contributed by atoms with Gasteiger partial charge in [-0.25, -0.2) is 0 Å². The molecule has 1 unspecified atom stereocenters. The van der Waals surface area contributed by atoms with Crippen molar-refractivity contribution in [3.8, 4) is 5.75 Å². The molecule has 0 bridgehead atoms. The summed E-state index contributed by atoms with van der Waals surface area (Å²) < 4.78 is 5.52. The van der Waals surface area contributed by atoms with Gasteiger partial charge in [0.1, 0.15) is 11.5 Å². The Morgan fingerprint density at radius 2 is 1.89 bits per heavy atom. The Morgan fingerprint density at radius 1 is 1.14 bits per heavy atom. The second-order valence-corrected chi connectivity index (χ2v) is 9.84. The van der Waals surface area contributed by atoms with E-state index in [1.54, 1.807) is 43.8 Å².